The van der Waals surface area contributed by atoms with Gasteiger partial charge in [0.1, 0.15) is 6.61 Å². The highest BCUT2D eigenvalue weighted by molar-refractivity contribution is 5.69. The Morgan fingerprint density at radius 3 is 1.20 bits per heavy atom. The number of aliphatic hydroxyl groups is 1. The highest BCUT2D eigenvalue weighted by atomic mass is 16.6. The molecule has 0 aliphatic carbocycles. The van der Waals surface area contributed by atoms with Crippen molar-refractivity contribution in [1.82, 2.24) is 0 Å². The van der Waals surface area contributed by atoms with Crippen molar-refractivity contribution in [2.75, 3.05) is 125 Å². The van der Waals surface area contributed by atoms with Crippen molar-refractivity contribution in [2.24, 2.45) is 5.11 Å². The largest absolute Gasteiger partial charge is 0.463 e. The molecule has 35 heavy (non-hydrogen) atoms. The van der Waals surface area contributed by atoms with Gasteiger partial charge in [0.15, 0.2) is 0 Å². The summed E-state index contributed by atoms with van der Waals surface area (Å²) in [7, 11) is 0. The summed E-state index contributed by atoms with van der Waals surface area (Å²) < 4.78 is 47.4. The van der Waals surface area contributed by atoms with Crippen LogP contribution in [-0.4, -0.2) is 137 Å². The minimum atomic E-state index is -0.424. The van der Waals surface area contributed by atoms with Gasteiger partial charge in [0.25, 0.3) is 0 Å². The molecular weight excluding hydrogens is 470 g/mol. The van der Waals surface area contributed by atoms with Crippen LogP contribution in [0.15, 0.2) is 5.11 Å². The average Bonchev–Trinajstić information content (AvgIpc) is 2.86. The van der Waals surface area contributed by atoms with E-state index in [-0.39, 0.29) is 32.8 Å². The molecule has 0 rings (SSSR count). The maximum atomic E-state index is 11.2. The van der Waals surface area contributed by atoms with Crippen LogP contribution in [0.5, 0.6) is 0 Å². The van der Waals surface area contributed by atoms with E-state index in [9.17, 15) is 4.79 Å². The van der Waals surface area contributed by atoms with E-state index in [1.165, 1.54) is 0 Å². The number of azide groups is 1. The summed E-state index contributed by atoms with van der Waals surface area (Å²) in [5.41, 5.74) is 8.10. The van der Waals surface area contributed by atoms with Crippen molar-refractivity contribution in [3.8, 4) is 0 Å². The summed E-state index contributed by atoms with van der Waals surface area (Å²) in [6.07, 6.45) is 0.0596. The van der Waals surface area contributed by atoms with E-state index in [1.54, 1.807) is 0 Å². The van der Waals surface area contributed by atoms with Crippen molar-refractivity contribution in [3.63, 3.8) is 0 Å². The van der Waals surface area contributed by atoms with Crippen molar-refractivity contribution in [1.29, 1.82) is 0 Å². The van der Waals surface area contributed by atoms with E-state index in [0.29, 0.717) is 99.1 Å². The molecule has 14 nitrogen and oxygen atoms in total. The van der Waals surface area contributed by atoms with Crippen molar-refractivity contribution in [3.05, 3.63) is 10.4 Å². The first kappa shape index (κ1) is 33.4. The molecule has 0 unspecified atom stereocenters. The molecule has 0 radical (unpaired) electrons. The number of esters is 1. The van der Waals surface area contributed by atoms with Crippen LogP contribution in [0.2, 0.25) is 0 Å². The molecule has 0 saturated heterocycles. The van der Waals surface area contributed by atoms with Crippen LogP contribution in [-0.2, 0) is 47.4 Å². The lowest BCUT2D eigenvalue weighted by molar-refractivity contribution is -0.145. The molecule has 0 aliphatic rings. The molecule has 0 heterocycles. The van der Waals surface area contributed by atoms with Gasteiger partial charge in [0.05, 0.1) is 119 Å². The molecule has 0 aromatic heterocycles. The number of carbonyl (C=O) groups excluding carboxylic acids is 1. The Morgan fingerprint density at radius 2 is 0.886 bits per heavy atom. The first-order chi connectivity index (χ1) is 17.3. The minimum absolute atomic E-state index is 0.0189. The van der Waals surface area contributed by atoms with Crippen LogP contribution in [0, 0.1) is 0 Å². The van der Waals surface area contributed by atoms with Crippen LogP contribution >= 0.6 is 0 Å². The Hall–Kier alpha value is -1.58. The second-order valence-electron chi connectivity index (χ2n) is 6.55. The number of nitrogens with zero attached hydrogens (tertiary/aromatic N) is 3. The third-order valence-corrected chi connectivity index (χ3v) is 3.81. The highest BCUT2D eigenvalue weighted by Crippen LogP contribution is 1.89. The van der Waals surface area contributed by atoms with Crippen LogP contribution in [0.4, 0.5) is 0 Å². The van der Waals surface area contributed by atoms with Gasteiger partial charge >= 0.3 is 5.97 Å². The van der Waals surface area contributed by atoms with Crippen molar-refractivity contribution in [2.45, 2.75) is 6.42 Å². The predicted molar refractivity (Wildman–Crippen MR) is 123 cm³/mol. The van der Waals surface area contributed by atoms with Gasteiger partial charge in [-0.15, -0.1) is 0 Å². The van der Waals surface area contributed by atoms with Crippen molar-refractivity contribution < 1.29 is 52.5 Å². The summed E-state index contributed by atoms with van der Waals surface area (Å²) in [5, 5.41) is 11.8. The fourth-order valence-corrected chi connectivity index (χ4v) is 2.18. The third-order valence-electron chi connectivity index (χ3n) is 3.81. The van der Waals surface area contributed by atoms with Crippen molar-refractivity contribution >= 4 is 5.97 Å². The van der Waals surface area contributed by atoms with Crippen LogP contribution in [0.1, 0.15) is 6.42 Å². The third kappa shape index (κ3) is 30.4. The summed E-state index contributed by atoms with van der Waals surface area (Å²) in [6.45, 7) is 7.40. The van der Waals surface area contributed by atoms with Crippen LogP contribution < -0.4 is 0 Å². The highest BCUT2D eigenvalue weighted by Gasteiger charge is 2.01. The van der Waals surface area contributed by atoms with E-state index in [2.05, 4.69) is 10.0 Å². The Morgan fingerprint density at radius 1 is 0.571 bits per heavy atom. The van der Waals surface area contributed by atoms with Crippen LogP contribution in [0.25, 0.3) is 10.4 Å². The second-order valence-corrected chi connectivity index (χ2v) is 6.55. The standard InChI is InChI=1S/C21H41N3O11/c22-24-23-2-1-21(26)35-20-19-34-18-17-33-16-15-32-14-13-31-12-11-30-10-9-29-8-7-28-6-5-27-4-3-25/h25H,1-20H2. The molecule has 0 amide bonds. The van der Waals surface area contributed by atoms with Gasteiger partial charge in [-0.1, -0.05) is 5.11 Å². The van der Waals surface area contributed by atoms with E-state index >= 15 is 0 Å². The molecule has 14 heteroatoms. The Kier molecular flexibility index (Phi) is 29.1. The van der Waals surface area contributed by atoms with Gasteiger partial charge < -0.3 is 47.7 Å². The molecule has 0 aromatic rings. The van der Waals surface area contributed by atoms with Gasteiger partial charge in [-0.3, -0.25) is 4.79 Å². The van der Waals surface area contributed by atoms with Gasteiger partial charge in [0, 0.05) is 11.5 Å². The molecule has 0 fully saturated rings. The number of rotatable bonds is 29. The minimum Gasteiger partial charge on any atom is -0.463 e. The SMILES string of the molecule is [N-]=[N+]=NCCC(=O)OCCOCCOCCOCCOCCOCCOCCOCCOCCO. The fourth-order valence-electron chi connectivity index (χ4n) is 2.18. The zero-order chi connectivity index (χ0) is 25.5. The van der Waals surface area contributed by atoms with E-state index < -0.39 is 5.97 Å². The average molecular weight is 512 g/mol. The molecule has 0 aromatic carbocycles. The number of hydrogen-bond acceptors (Lipinski definition) is 12. The molecule has 0 aliphatic heterocycles. The quantitative estimate of drug-likeness (QED) is 0.0483. The molecule has 0 spiro atoms. The zero-order valence-electron chi connectivity index (χ0n) is 20.5. The summed E-state index contributed by atoms with van der Waals surface area (Å²) >= 11 is 0. The lowest BCUT2D eigenvalue weighted by Gasteiger charge is -2.08. The number of aliphatic hydroxyl groups excluding tert-OH is 1. The fraction of sp³-hybridized carbons (Fsp3) is 0.952. The summed E-state index contributed by atoms with van der Waals surface area (Å²) in [4.78, 5) is 13.8. The normalized spacial score (nSPS) is 10.9. The first-order valence-electron chi connectivity index (χ1n) is 11.7. The second kappa shape index (κ2) is 30.5. The number of ether oxygens (including phenoxy) is 9. The van der Waals surface area contributed by atoms with Gasteiger partial charge in [-0.05, 0) is 5.53 Å². The maximum Gasteiger partial charge on any atom is 0.305 e. The smallest absolute Gasteiger partial charge is 0.305 e. The van der Waals surface area contributed by atoms with Gasteiger partial charge in [-0.25, -0.2) is 0 Å². The molecular formula is C21H41N3O11. The summed E-state index contributed by atoms with van der Waals surface area (Å²) in [5.74, 6) is -0.424. The number of carbonyl (C=O) groups is 1. The lowest BCUT2D eigenvalue weighted by atomic mass is 10.4. The first-order valence-corrected chi connectivity index (χ1v) is 11.7. The van der Waals surface area contributed by atoms with Gasteiger partial charge in [-0.2, -0.15) is 0 Å². The predicted octanol–water partition coefficient (Wildman–Crippen LogP) is 0.355. The molecule has 0 bridgehead atoms. The Balaban J connectivity index is 3.07. The maximum absolute atomic E-state index is 11.2. The lowest BCUT2D eigenvalue weighted by Crippen LogP contribution is -2.15. The Labute approximate surface area is 206 Å². The van der Waals surface area contributed by atoms with Crippen LogP contribution in [0.3, 0.4) is 0 Å². The summed E-state index contributed by atoms with van der Waals surface area (Å²) in [6, 6.07) is 0. The molecule has 0 atom stereocenters. The topological polar surface area (TPSA) is 169 Å². The number of hydrogen-bond donors (Lipinski definition) is 1. The zero-order valence-corrected chi connectivity index (χ0v) is 20.5. The monoisotopic (exact) mass is 511 g/mol. The Bertz CT molecular complexity index is 497. The van der Waals surface area contributed by atoms with E-state index in [1.807, 2.05) is 0 Å². The molecule has 0 saturated carbocycles. The van der Waals surface area contributed by atoms with Gasteiger partial charge in [0.2, 0.25) is 0 Å². The van der Waals surface area contributed by atoms with E-state index in [0.717, 1.165) is 0 Å². The molecule has 1 N–H and O–H groups in total. The molecule has 206 valence electrons. The van der Waals surface area contributed by atoms with E-state index in [4.69, 9.17) is 53.3 Å².